The Morgan fingerprint density at radius 3 is 2.93 bits per heavy atom. The van der Waals surface area contributed by atoms with Crippen LogP contribution in [-0.4, -0.2) is 17.0 Å². The molecule has 0 amide bonds. The highest BCUT2D eigenvalue weighted by atomic mass is 35.5. The molecule has 0 saturated heterocycles. The van der Waals surface area contributed by atoms with Crippen molar-refractivity contribution < 1.29 is 0 Å². The Kier molecular flexibility index (Phi) is 2.70. The van der Waals surface area contributed by atoms with Gasteiger partial charge >= 0.3 is 0 Å². The third kappa shape index (κ3) is 2.00. The molecular formula is C10H11ClN4. The molecule has 0 aliphatic heterocycles. The summed E-state index contributed by atoms with van der Waals surface area (Å²) in [4.78, 5) is 8.32. The first-order valence-electron chi connectivity index (χ1n) is 4.57. The molecule has 0 aliphatic carbocycles. The maximum Gasteiger partial charge on any atom is 0.220 e. The fraction of sp³-hybridized carbons (Fsp3) is 0.200. The number of fused-ring (bicyclic) bond motifs is 1. The number of hydrogen-bond acceptors (Lipinski definition) is 4. The van der Waals surface area contributed by atoms with Gasteiger partial charge in [-0.05, 0) is 25.2 Å². The zero-order chi connectivity index (χ0) is 10.8. The number of benzene rings is 1. The second kappa shape index (κ2) is 4.00. The summed E-state index contributed by atoms with van der Waals surface area (Å²) in [6.07, 6.45) is 0. The van der Waals surface area contributed by atoms with Crippen molar-refractivity contribution in [3.05, 3.63) is 28.9 Å². The molecule has 3 N–H and O–H groups in total. The van der Waals surface area contributed by atoms with E-state index in [1.807, 2.05) is 19.2 Å². The fourth-order valence-electron chi connectivity index (χ4n) is 1.49. The lowest BCUT2D eigenvalue weighted by Crippen LogP contribution is -2.09. The smallest absolute Gasteiger partial charge is 0.220 e. The van der Waals surface area contributed by atoms with Crippen LogP contribution in [0.15, 0.2) is 18.2 Å². The first kappa shape index (κ1) is 10.1. The van der Waals surface area contributed by atoms with Gasteiger partial charge in [0, 0.05) is 17.0 Å². The van der Waals surface area contributed by atoms with E-state index in [2.05, 4.69) is 15.3 Å². The molecule has 1 aromatic heterocycles. The Hall–Kier alpha value is -1.39. The number of hydrogen-bond donors (Lipinski definition) is 2. The topological polar surface area (TPSA) is 63.8 Å². The monoisotopic (exact) mass is 222 g/mol. The van der Waals surface area contributed by atoms with Gasteiger partial charge in [-0.25, -0.2) is 9.97 Å². The molecule has 0 fully saturated rings. The van der Waals surface area contributed by atoms with E-state index in [-0.39, 0.29) is 5.95 Å². The van der Waals surface area contributed by atoms with E-state index in [1.165, 1.54) is 0 Å². The van der Waals surface area contributed by atoms with Crippen LogP contribution in [0.2, 0.25) is 5.02 Å². The van der Waals surface area contributed by atoms with Crippen molar-refractivity contribution in [1.82, 2.24) is 15.3 Å². The Bertz CT molecular complexity index is 498. The third-order valence-corrected chi connectivity index (χ3v) is 2.33. The van der Waals surface area contributed by atoms with Gasteiger partial charge in [0.1, 0.15) is 0 Å². The molecule has 78 valence electrons. The van der Waals surface area contributed by atoms with Crippen LogP contribution in [0.5, 0.6) is 0 Å². The Morgan fingerprint density at radius 1 is 1.40 bits per heavy atom. The molecule has 0 atom stereocenters. The third-order valence-electron chi connectivity index (χ3n) is 2.10. The summed E-state index contributed by atoms with van der Waals surface area (Å²) in [5, 5.41) is 4.64. The van der Waals surface area contributed by atoms with E-state index in [0.29, 0.717) is 11.6 Å². The van der Waals surface area contributed by atoms with E-state index < -0.39 is 0 Å². The SMILES string of the molecule is CNCc1nc(N)nc2ccc(Cl)cc12. The van der Waals surface area contributed by atoms with Crippen LogP contribution in [-0.2, 0) is 6.54 Å². The predicted molar refractivity (Wildman–Crippen MR) is 61.7 cm³/mol. The zero-order valence-corrected chi connectivity index (χ0v) is 9.04. The number of nitrogens with one attached hydrogen (secondary N) is 1. The van der Waals surface area contributed by atoms with E-state index >= 15 is 0 Å². The summed E-state index contributed by atoms with van der Waals surface area (Å²) < 4.78 is 0. The van der Waals surface area contributed by atoms with Crippen molar-refractivity contribution in [3.8, 4) is 0 Å². The molecule has 0 aliphatic rings. The van der Waals surface area contributed by atoms with E-state index in [4.69, 9.17) is 17.3 Å². The molecule has 2 rings (SSSR count). The molecule has 4 nitrogen and oxygen atoms in total. The molecule has 0 unspecified atom stereocenters. The van der Waals surface area contributed by atoms with Gasteiger partial charge in [0.25, 0.3) is 0 Å². The normalized spacial score (nSPS) is 10.8. The van der Waals surface area contributed by atoms with Crippen LogP contribution < -0.4 is 11.1 Å². The fourth-order valence-corrected chi connectivity index (χ4v) is 1.66. The van der Waals surface area contributed by atoms with Crippen molar-refractivity contribution in [2.24, 2.45) is 0 Å². The average Bonchev–Trinajstić information content (AvgIpc) is 2.19. The predicted octanol–water partition coefficient (Wildman–Crippen LogP) is 1.58. The lowest BCUT2D eigenvalue weighted by Gasteiger charge is -2.06. The largest absolute Gasteiger partial charge is 0.368 e. The molecule has 1 aromatic carbocycles. The van der Waals surface area contributed by atoms with Crippen LogP contribution in [0.3, 0.4) is 0 Å². The van der Waals surface area contributed by atoms with Crippen LogP contribution in [0.25, 0.3) is 10.9 Å². The summed E-state index contributed by atoms with van der Waals surface area (Å²) in [5.74, 6) is 0.287. The standard InChI is InChI=1S/C10H11ClN4/c1-13-5-9-7-4-6(11)2-3-8(7)14-10(12)15-9/h2-4,13H,5H2,1H3,(H2,12,14,15). The number of anilines is 1. The van der Waals surface area contributed by atoms with Gasteiger partial charge in [0.05, 0.1) is 11.2 Å². The van der Waals surface area contributed by atoms with Crippen molar-refractivity contribution in [2.45, 2.75) is 6.54 Å². The first-order chi connectivity index (χ1) is 7.20. The minimum Gasteiger partial charge on any atom is -0.368 e. The molecule has 0 saturated carbocycles. The van der Waals surface area contributed by atoms with E-state index in [9.17, 15) is 0 Å². The second-order valence-corrected chi connectivity index (χ2v) is 3.66. The maximum atomic E-state index is 5.92. The van der Waals surface area contributed by atoms with Crippen LogP contribution >= 0.6 is 11.6 Å². The number of nitrogens with zero attached hydrogens (tertiary/aromatic N) is 2. The van der Waals surface area contributed by atoms with Crippen LogP contribution in [0.1, 0.15) is 5.69 Å². The van der Waals surface area contributed by atoms with E-state index in [1.54, 1.807) is 6.07 Å². The average molecular weight is 223 g/mol. The van der Waals surface area contributed by atoms with Gasteiger partial charge in [0.2, 0.25) is 5.95 Å². The lowest BCUT2D eigenvalue weighted by molar-refractivity contribution is 0.797. The molecule has 0 spiro atoms. The highest BCUT2D eigenvalue weighted by Crippen LogP contribution is 2.21. The van der Waals surface area contributed by atoms with Gasteiger partial charge in [-0.2, -0.15) is 0 Å². The van der Waals surface area contributed by atoms with Gasteiger partial charge in [-0.3, -0.25) is 0 Å². The minimum absolute atomic E-state index is 0.287. The van der Waals surface area contributed by atoms with Crippen LogP contribution in [0.4, 0.5) is 5.95 Å². The number of halogens is 1. The highest BCUT2D eigenvalue weighted by Gasteiger charge is 2.05. The van der Waals surface area contributed by atoms with E-state index in [0.717, 1.165) is 16.6 Å². The second-order valence-electron chi connectivity index (χ2n) is 3.22. The van der Waals surface area contributed by atoms with Crippen molar-refractivity contribution in [2.75, 3.05) is 12.8 Å². The molecule has 15 heavy (non-hydrogen) atoms. The number of aromatic nitrogens is 2. The van der Waals surface area contributed by atoms with Crippen molar-refractivity contribution >= 4 is 28.5 Å². The molecule has 2 aromatic rings. The highest BCUT2D eigenvalue weighted by molar-refractivity contribution is 6.31. The Labute approximate surface area is 92.5 Å². The van der Waals surface area contributed by atoms with Gasteiger partial charge in [-0.1, -0.05) is 11.6 Å². The number of rotatable bonds is 2. The Balaban J connectivity index is 2.70. The molecule has 1 heterocycles. The van der Waals surface area contributed by atoms with Gasteiger partial charge in [-0.15, -0.1) is 0 Å². The number of nitrogens with two attached hydrogens (primary N) is 1. The zero-order valence-electron chi connectivity index (χ0n) is 8.29. The van der Waals surface area contributed by atoms with Crippen molar-refractivity contribution in [1.29, 1.82) is 0 Å². The summed E-state index contributed by atoms with van der Waals surface area (Å²) in [5.41, 5.74) is 7.29. The molecule has 0 radical (unpaired) electrons. The van der Waals surface area contributed by atoms with Crippen LogP contribution in [0, 0.1) is 0 Å². The summed E-state index contributed by atoms with van der Waals surface area (Å²) in [6, 6.07) is 5.48. The Morgan fingerprint density at radius 2 is 2.20 bits per heavy atom. The van der Waals surface area contributed by atoms with Crippen molar-refractivity contribution in [3.63, 3.8) is 0 Å². The molecule has 5 heteroatoms. The quantitative estimate of drug-likeness (QED) is 0.810. The summed E-state index contributed by atoms with van der Waals surface area (Å²) >= 11 is 5.92. The molecule has 0 bridgehead atoms. The van der Waals surface area contributed by atoms with Gasteiger partial charge < -0.3 is 11.1 Å². The van der Waals surface area contributed by atoms with Gasteiger partial charge in [0.15, 0.2) is 0 Å². The minimum atomic E-state index is 0.287. The number of nitrogen functional groups attached to an aromatic ring is 1. The maximum absolute atomic E-state index is 5.92. The summed E-state index contributed by atoms with van der Waals surface area (Å²) in [6.45, 7) is 0.642. The summed E-state index contributed by atoms with van der Waals surface area (Å²) in [7, 11) is 1.86. The first-order valence-corrected chi connectivity index (χ1v) is 4.95. The molecular weight excluding hydrogens is 212 g/mol. The lowest BCUT2D eigenvalue weighted by atomic mass is 10.2.